The van der Waals surface area contributed by atoms with Crippen LogP contribution in [0.2, 0.25) is 0 Å². The van der Waals surface area contributed by atoms with E-state index in [2.05, 4.69) is 10.3 Å². The lowest BCUT2D eigenvalue weighted by atomic mass is 10.0. The summed E-state index contributed by atoms with van der Waals surface area (Å²) in [6.45, 7) is 4.08. The molecule has 0 spiro atoms. The zero-order valence-electron chi connectivity index (χ0n) is 10.8. The molecule has 0 bridgehead atoms. The Kier molecular flexibility index (Phi) is 3.92. The molecule has 0 aliphatic carbocycles. The van der Waals surface area contributed by atoms with Crippen LogP contribution in [0.15, 0.2) is 36.5 Å². The van der Waals surface area contributed by atoms with Crippen LogP contribution in [0.1, 0.15) is 26.7 Å². The highest BCUT2D eigenvalue weighted by atomic mass is 16.1. The minimum absolute atomic E-state index is 0.0805. The summed E-state index contributed by atoms with van der Waals surface area (Å²) >= 11 is 0. The number of aromatic nitrogens is 1. The van der Waals surface area contributed by atoms with Crippen molar-refractivity contribution < 1.29 is 4.79 Å². The fraction of sp³-hybridized carbons (Fsp3) is 0.333. The summed E-state index contributed by atoms with van der Waals surface area (Å²) in [7, 11) is 0. The van der Waals surface area contributed by atoms with Crippen molar-refractivity contribution in [3.8, 4) is 0 Å². The van der Waals surface area contributed by atoms with Gasteiger partial charge in [0.15, 0.2) is 0 Å². The maximum atomic E-state index is 12.1. The zero-order valence-corrected chi connectivity index (χ0v) is 10.8. The number of nitrogens with zero attached hydrogens (tertiary/aromatic N) is 1. The second-order valence-corrected chi connectivity index (χ2v) is 4.38. The second-order valence-electron chi connectivity index (χ2n) is 4.38. The van der Waals surface area contributed by atoms with Gasteiger partial charge in [-0.1, -0.05) is 19.9 Å². The molecule has 0 radical (unpaired) electrons. The van der Waals surface area contributed by atoms with Crippen molar-refractivity contribution in [2.45, 2.75) is 26.7 Å². The summed E-state index contributed by atoms with van der Waals surface area (Å²) in [6.07, 6.45) is 3.49. The molecule has 1 aromatic carbocycles. The SMILES string of the molecule is CCC(CC)C(=O)Nc1cccc2ncccc12. The molecule has 0 atom stereocenters. The third kappa shape index (κ3) is 2.50. The van der Waals surface area contributed by atoms with Crippen molar-refractivity contribution in [3.63, 3.8) is 0 Å². The lowest BCUT2D eigenvalue weighted by Crippen LogP contribution is -2.21. The quantitative estimate of drug-likeness (QED) is 0.889. The number of hydrogen-bond acceptors (Lipinski definition) is 2. The molecule has 0 aliphatic heterocycles. The van der Waals surface area contributed by atoms with E-state index in [1.165, 1.54) is 0 Å². The Labute approximate surface area is 107 Å². The Hall–Kier alpha value is -1.90. The van der Waals surface area contributed by atoms with Crippen LogP contribution in [0.4, 0.5) is 5.69 Å². The number of nitrogens with one attached hydrogen (secondary N) is 1. The Morgan fingerprint density at radius 3 is 2.72 bits per heavy atom. The van der Waals surface area contributed by atoms with Crippen LogP contribution in [0.5, 0.6) is 0 Å². The van der Waals surface area contributed by atoms with Gasteiger partial charge < -0.3 is 5.32 Å². The molecule has 0 saturated heterocycles. The molecular formula is C15H18N2O. The molecule has 0 saturated carbocycles. The van der Waals surface area contributed by atoms with E-state index in [9.17, 15) is 4.79 Å². The molecule has 94 valence electrons. The Morgan fingerprint density at radius 2 is 2.00 bits per heavy atom. The summed E-state index contributed by atoms with van der Waals surface area (Å²) in [5.74, 6) is 0.174. The minimum Gasteiger partial charge on any atom is -0.325 e. The highest BCUT2D eigenvalue weighted by Crippen LogP contribution is 2.22. The number of pyridine rings is 1. The summed E-state index contributed by atoms with van der Waals surface area (Å²) in [4.78, 5) is 16.4. The summed E-state index contributed by atoms with van der Waals surface area (Å²) in [6, 6.07) is 9.64. The third-order valence-corrected chi connectivity index (χ3v) is 3.26. The number of rotatable bonds is 4. The standard InChI is InChI=1S/C15H18N2O/c1-3-11(4-2)15(18)17-14-9-5-8-13-12(14)7-6-10-16-13/h5-11H,3-4H2,1-2H3,(H,17,18). The molecule has 1 amide bonds. The second kappa shape index (κ2) is 5.63. The first kappa shape index (κ1) is 12.6. The smallest absolute Gasteiger partial charge is 0.227 e. The number of fused-ring (bicyclic) bond motifs is 1. The van der Waals surface area contributed by atoms with E-state index in [1.54, 1.807) is 6.20 Å². The molecule has 2 aromatic rings. The van der Waals surface area contributed by atoms with Gasteiger partial charge in [-0.05, 0) is 37.1 Å². The fourth-order valence-corrected chi connectivity index (χ4v) is 2.11. The molecule has 1 N–H and O–H groups in total. The highest BCUT2D eigenvalue weighted by molar-refractivity contribution is 6.01. The number of carbonyl (C=O) groups excluding carboxylic acids is 1. The Morgan fingerprint density at radius 1 is 1.22 bits per heavy atom. The lowest BCUT2D eigenvalue weighted by molar-refractivity contribution is -0.120. The van der Waals surface area contributed by atoms with Gasteiger partial charge in [0.05, 0.1) is 11.2 Å². The van der Waals surface area contributed by atoms with Crippen molar-refractivity contribution in [3.05, 3.63) is 36.5 Å². The number of benzene rings is 1. The molecule has 2 rings (SSSR count). The van der Waals surface area contributed by atoms with Crippen molar-refractivity contribution in [1.82, 2.24) is 4.98 Å². The number of anilines is 1. The Balaban J connectivity index is 2.29. The molecule has 1 aromatic heterocycles. The lowest BCUT2D eigenvalue weighted by Gasteiger charge is -2.14. The van der Waals surface area contributed by atoms with E-state index >= 15 is 0 Å². The van der Waals surface area contributed by atoms with Crippen LogP contribution in [0.25, 0.3) is 10.9 Å². The maximum Gasteiger partial charge on any atom is 0.227 e. The van der Waals surface area contributed by atoms with Crippen LogP contribution < -0.4 is 5.32 Å². The minimum atomic E-state index is 0.0805. The van der Waals surface area contributed by atoms with E-state index < -0.39 is 0 Å². The van der Waals surface area contributed by atoms with Crippen molar-refractivity contribution in [2.75, 3.05) is 5.32 Å². The molecule has 1 heterocycles. The van der Waals surface area contributed by atoms with Gasteiger partial charge in [-0.25, -0.2) is 0 Å². The monoisotopic (exact) mass is 242 g/mol. The third-order valence-electron chi connectivity index (χ3n) is 3.26. The normalized spacial score (nSPS) is 10.8. The van der Waals surface area contributed by atoms with Crippen LogP contribution in [-0.4, -0.2) is 10.9 Å². The predicted octanol–water partition coefficient (Wildman–Crippen LogP) is 3.61. The van der Waals surface area contributed by atoms with Gasteiger partial charge in [0, 0.05) is 17.5 Å². The molecule has 0 unspecified atom stereocenters. The van der Waals surface area contributed by atoms with Crippen LogP contribution >= 0.6 is 0 Å². The van der Waals surface area contributed by atoms with Gasteiger partial charge in [-0.2, -0.15) is 0 Å². The van der Waals surface area contributed by atoms with Crippen LogP contribution in [0, 0.1) is 5.92 Å². The first-order chi connectivity index (χ1) is 8.76. The predicted molar refractivity (Wildman–Crippen MR) is 74.4 cm³/mol. The molecular weight excluding hydrogens is 224 g/mol. The van der Waals surface area contributed by atoms with Gasteiger partial charge in [0.1, 0.15) is 0 Å². The molecule has 3 nitrogen and oxygen atoms in total. The number of amides is 1. The van der Waals surface area contributed by atoms with Gasteiger partial charge in [0.25, 0.3) is 0 Å². The Bertz CT molecular complexity index is 542. The molecule has 0 fully saturated rings. The summed E-state index contributed by atoms with van der Waals surface area (Å²) < 4.78 is 0. The molecule has 18 heavy (non-hydrogen) atoms. The summed E-state index contributed by atoms with van der Waals surface area (Å²) in [5.41, 5.74) is 1.75. The molecule has 0 aliphatic rings. The van der Waals surface area contributed by atoms with Gasteiger partial charge in [0.2, 0.25) is 5.91 Å². The summed E-state index contributed by atoms with van der Waals surface area (Å²) in [5, 5.41) is 3.99. The van der Waals surface area contributed by atoms with E-state index in [-0.39, 0.29) is 11.8 Å². The van der Waals surface area contributed by atoms with Crippen LogP contribution in [-0.2, 0) is 4.79 Å². The van der Waals surface area contributed by atoms with Crippen LogP contribution in [0.3, 0.4) is 0 Å². The average Bonchev–Trinajstić information content (AvgIpc) is 2.40. The average molecular weight is 242 g/mol. The zero-order chi connectivity index (χ0) is 13.0. The van der Waals surface area contributed by atoms with Crippen molar-refractivity contribution in [2.24, 2.45) is 5.92 Å². The highest BCUT2D eigenvalue weighted by Gasteiger charge is 2.14. The van der Waals surface area contributed by atoms with Gasteiger partial charge in [-0.3, -0.25) is 9.78 Å². The fourth-order valence-electron chi connectivity index (χ4n) is 2.11. The largest absolute Gasteiger partial charge is 0.325 e. The van der Waals surface area contributed by atoms with E-state index in [1.807, 2.05) is 44.2 Å². The van der Waals surface area contributed by atoms with E-state index in [4.69, 9.17) is 0 Å². The number of carbonyl (C=O) groups is 1. The molecule has 3 heteroatoms. The van der Waals surface area contributed by atoms with E-state index in [0.717, 1.165) is 29.4 Å². The van der Waals surface area contributed by atoms with Crippen molar-refractivity contribution >= 4 is 22.5 Å². The van der Waals surface area contributed by atoms with Gasteiger partial charge in [-0.15, -0.1) is 0 Å². The first-order valence-corrected chi connectivity index (χ1v) is 6.40. The van der Waals surface area contributed by atoms with Gasteiger partial charge >= 0.3 is 0 Å². The van der Waals surface area contributed by atoms with E-state index in [0.29, 0.717) is 0 Å². The topological polar surface area (TPSA) is 42.0 Å². The maximum absolute atomic E-state index is 12.1. The first-order valence-electron chi connectivity index (χ1n) is 6.40. The van der Waals surface area contributed by atoms with Crippen molar-refractivity contribution in [1.29, 1.82) is 0 Å². The number of hydrogen-bond donors (Lipinski definition) is 1.